The molecule has 2 rings (SSSR count). The molecule has 0 aromatic heterocycles. The number of allylic oxidation sites excluding steroid dienone is 22. The molecule has 0 saturated carbocycles. The van der Waals surface area contributed by atoms with E-state index in [1.807, 2.05) is 0 Å². The fourth-order valence-corrected chi connectivity index (χ4v) is 10.9. The zero-order chi connectivity index (χ0) is 65.9. The summed E-state index contributed by atoms with van der Waals surface area (Å²) in [5.41, 5.74) is 0. The second-order valence-electron chi connectivity index (χ2n) is 24.6. The Hall–Kier alpha value is -3.87. The molecule has 0 aliphatic carbocycles. The fraction of sp³-hybridized carbons (Fsp3) is 0.701. The van der Waals surface area contributed by atoms with Gasteiger partial charge in [-0.3, -0.25) is 4.79 Å². The van der Waals surface area contributed by atoms with Crippen LogP contribution in [0.4, 0.5) is 0 Å². The van der Waals surface area contributed by atoms with E-state index in [0.717, 1.165) is 116 Å². The quantitative estimate of drug-likeness (QED) is 0.0204. The molecular weight excluding hydrogens is 1150 g/mol. The van der Waals surface area contributed by atoms with Crippen LogP contribution >= 0.6 is 0 Å². The minimum Gasteiger partial charge on any atom is -0.394 e. The number of nitrogens with one attached hydrogen (secondary N) is 1. The number of aliphatic hydroxyl groups is 8. The summed E-state index contributed by atoms with van der Waals surface area (Å²) in [6, 6.07) is -0.858. The molecule has 1 amide bonds. The minimum absolute atomic E-state index is 0.242. The monoisotopic (exact) mass is 1280 g/mol. The van der Waals surface area contributed by atoms with Gasteiger partial charge in [-0.15, -0.1) is 0 Å². The molecule has 2 fully saturated rings. The first-order valence-electron chi connectivity index (χ1n) is 35.9. The van der Waals surface area contributed by atoms with Gasteiger partial charge in [0.05, 0.1) is 32.0 Å². The van der Waals surface area contributed by atoms with Crippen LogP contribution in [0.5, 0.6) is 0 Å². The number of aliphatic hydroxyl groups excluding tert-OH is 8. The Morgan fingerprint density at radius 3 is 1.15 bits per heavy atom. The molecule has 2 saturated heterocycles. The highest BCUT2D eigenvalue weighted by atomic mass is 16.7. The lowest BCUT2D eigenvalue weighted by Crippen LogP contribution is -2.65. The van der Waals surface area contributed by atoms with E-state index in [4.69, 9.17) is 18.9 Å². The summed E-state index contributed by atoms with van der Waals surface area (Å²) in [5, 5.41) is 87.6. The van der Waals surface area contributed by atoms with Gasteiger partial charge in [0.1, 0.15) is 48.8 Å². The lowest BCUT2D eigenvalue weighted by Gasteiger charge is -2.46. The molecule has 0 radical (unpaired) electrons. The number of hydrogen-bond donors (Lipinski definition) is 9. The summed E-state index contributed by atoms with van der Waals surface area (Å²) in [4.78, 5) is 13.3. The molecule has 9 N–H and O–H groups in total. The number of carbonyl (C=O) groups is 1. The number of unbranched alkanes of at least 4 members (excludes halogenated alkanes) is 22. The van der Waals surface area contributed by atoms with Gasteiger partial charge in [0, 0.05) is 6.42 Å². The number of hydrogen-bond acceptors (Lipinski definition) is 13. The van der Waals surface area contributed by atoms with Crippen molar-refractivity contribution in [3.05, 3.63) is 134 Å². The third-order valence-corrected chi connectivity index (χ3v) is 16.6. The van der Waals surface area contributed by atoms with Crippen molar-refractivity contribution in [3.8, 4) is 0 Å². The number of amides is 1. The SMILES string of the molecule is CC/C=C\C/C=C\C/C=C\C/C=C\C/C=C\C/C=C\C/C=C\C/C=C\C/C=C\C/C=C\C/C=C\CCCCCC(=O)NC(COC1OC(CO)C(OC2OC(CO)C(O)C(O)C2O)C(O)C1O)C(O)CCCCCCCCCCCCCCCCCCCCCC. The van der Waals surface area contributed by atoms with Crippen LogP contribution in [0, 0.1) is 0 Å². The van der Waals surface area contributed by atoms with E-state index >= 15 is 0 Å². The first kappa shape index (κ1) is 83.2. The maximum absolute atomic E-state index is 13.3. The summed E-state index contributed by atoms with van der Waals surface area (Å²) >= 11 is 0. The largest absolute Gasteiger partial charge is 0.394 e. The molecule has 2 aliphatic rings. The normalized spacial score (nSPS) is 23.6. The second kappa shape index (κ2) is 59.8. The molecule has 12 unspecified atom stereocenters. The van der Waals surface area contributed by atoms with Crippen LogP contribution in [0.25, 0.3) is 0 Å². The van der Waals surface area contributed by atoms with Crippen LogP contribution in [0.15, 0.2) is 134 Å². The first-order valence-corrected chi connectivity index (χ1v) is 35.9. The summed E-state index contributed by atoms with van der Waals surface area (Å²) in [6.07, 6.45) is 71.7. The molecule has 2 heterocycles. The smallest absolute Gasteiger partial charge is 0.220 e. The van der Waals surface area contributed by atoms with Crippen molar-refractivity contribution in [1.82, 2.24) is 5.32 Å². The first-order chi connectivity index (χ1) is 44.6. The van der Waals surface area contributed by atoms with Gasteiger partial charge in [0.15, 0.2) is 12.6 Å². The van der Waals surface area contributed by atoms with E-state index in [0.29, 0.717) is 12.8 Å². The molecular formula is C77H129NO13. The third kappa shape index (κ3) is 43.7. The number of carbonyl (C=O) groups excluding carboxylic acids is 1. The predicted molar refractivity (Wildman–Crippen MR) is 373 cm³/mol. The van der Waals surface area contributed by atoms with Crippen molar-refractivity contribution in [1.29, 1.82) is 0 Å². The van der Waals surface area contributed by atoms with Crippen LogP contribution < -0.4 is 5.32 Å². The van der Waals surface area contributed by atoms with Crippen molar-refractivity contribution in [2.24, 2.45) is 0 Å². The Morgan fingerprint density at radius 2 is 0.758 bits per heavy atom. The third-order valence-electron chi connectivity index (χ3n) is 16.6. The molecule has 0 aromatic rings. The highest BCUT2D eigenvalue weighted by molar-refractivity contribution is 5.76. The van der Waals surface area contributed by atoms with Gasteiger partial charge in [0.25, 0.3) is 0 Å². The van der Waals surface area contributed by atoms with Crippen LogP contribution in [-0.2, 0) is 23.7 Å². The molecule has 2 aliphatic heterocycles. The Morgan fingerprint density at radius 1 is 0.407 bits per heavy atom. The molecule has 12 atom stereocenters. The number of ether oxygens (including phenoxy) is 4. The average Bonchev–Trinajstić information content (AvgIpc) is 1.04. The average molecular weight is 1280 g/mol. The van der Waals surface area contributed by atoms with Gasteiger partial charge >= 0.3 is 0 Å². The lowest BCUT2D eigenvalue weighted by atomic mass is 9.97. The topological polar surface area (TPSA) is 228 Å². The highest BCUT2D eigenvalue weighted by Gasteiger charge is 2.51. The molecule has 0 aromatic carbocycles. The standard InChI is InChI=1S/C77H129NO13/c1-3-5-7-9-11-13-15-17-19-21-23-25-26-27-28-29-30-31-32-33-34-35-36-37-38-39-40-41-43-45-47-49-51-53-55-57-59-61-69(82)78-65(66(81)60-58-56-54-52-50-48-46-44-42-24-22-20-18-16-14-12-10-8-6-4-2)64-88-76-74(87)72(85)75(68(63-80)90-76)91-77-73(86)71(84)70(83)67(62-79)89-77/h5,7,11,13,17,19,23,25,27-28,30-31,33-34,36-37,39-40,43,45,49,51,65-68,70-77,79-81,83-87H,3-4,6,8-10,12,14-16,18,20-22,24,26,29,32,35,38,41-42,44,46-48,50,52-64H2,1-2H3,(H,78,82)/b7-5-,13-11-,19-17-,25-23-,28-27-,31-30-,34-33-,37-36-,40-39-,45-43-,51-49-. The van der Waals surface area contributed by atoms with Gasteiger partial charge in [-0.05, 0) is 96.3 Å². The lowest BCUT2D eigenvalue weighted by molar-refractivity contribution is -0.359. The molecule has 91 heavy (non-hydrogen) atoms. The summed E-state index contributed by atoms with van der Waals surface area (Å²) in [5.74, 6) is -0.242. The zero-order valence-corrected chi connectivity index (χ0v) is 56.5. The van der Waals surface area contributed by atoms with Crippen molar-refractivity contribution in [2.45, 2.75) is 325 Å². The Labute approximate surface area is 551 Å². The van der Waals surface area contributed by atoms with Crippen molar-refractivity contribution in [3.63, 3.8) is 0 Å². The second-order valence-corrected chi connectivity index (χ2v) is 24.6. The Balaban J connectivity index is 1.68. The van der Waals surface area contributed by atoms with E-state index < -0.39 is 86.8 Å². The van der Waals surface area contributed by atoms with Gasteiger partial charge in [-0.1, -0.05) is 282 Å². The van der Waals surface area contributed by atoms with Crippen LogP contribution in [0.1, 0.15) is 251 Å². The van der Waals surface area contributed by atoms with Crippen LogP contribution in [0.3, 0.4) is 0 Å². The molecule has 14 heteroatoms. The van der Waals surface area contributed by atoms with Gasteiger partial charge < -0.3 is 65.1 Å². The van der Waals surface area contributed by atoms with E-state index in [1.165, 1.54) is 103 Å². The number of rotatable bonds is 57. The highest BCUT2D eigenvalue weighted by Crippen LogP contribution is 2.30. The Bertz CT molecular complexity index is 2040. The zero-order valence-electron chi connectivity index (χ0n) is 56.5. The van der Waals surface area contributed by atoms with Crippen LogP contribution in [0.2, 0.25) is 0 Å². The van der Waals surface area contributed by atoms with E-state index in [-0.39, 0.29) is 18.9 Å². The summed E-state index contributed by atoms with van der Waals surface area (Å²) in [7, 11) is 0. The van der Waals surface area contributed by atoms with Crippen molar-refractivity contribution >= 4 is 5.91 Å². The maximum atomic E-state index is 13.3. The van der Waals surface area contributed by atoms with Crippen molar-refractivity contribution < 1.29 is 64.6 Å². The van der Waals surface area contributed by atoms with Gasteiger partial charge in [-0.2, -0.15) is 0 Å². The maximum Gasteiger partial charge on any atom is 0.220 e. The Kier molecular flexibility index (Phi) is 54.7. The fourth-order valence-electron chi connectivity index (χ4n) is 10.9. The summed E-state index contributed by atoms with van der Waals surface area (Å²) < 4.78 is 22.9. The summed E-state index contributed by atoms with van der Waals surface area (Å²) in [6.45, 7) is 2.73. The minimum atomic E-state index is -1.79. The molecule has 14 nitrogen and oxygen atoms in total. The van der Waals surface area contributed by atoms with Gasteiger partial charge in [0.2, 0.25) is 5.91 Å². The van der Waals surface area contributed by atoms with Gasteiger partial charge in [-0.25, -0.2) is 0 Å². The molecule has 0 bridgehead atoms. The predicted octanol–water partition coefficient (Wildman–Crippen LogP) is 15.1. The van der Waals surface area contributed by atoms with E-state index in [9.17, 15) is 45.6 Å². The van der Waals surface area contributed by atoms with Crippen LogP contribution in [-0.4, -0.2) is 140 Å². The van der Waals surface area contributed by atoms with E-state index in [1.54, 1.807) is 0 Å². The molecule has 0 spiro atoms. The molecule has 520 valence electrons. The van der Waals surface area contributed by atoms with E-state index in [2.05, 4.69) is 153 Å². The van der Waals surface area contributed by atoms with Crippen molar-refractivity contribution in [2.75, 3.05) is 19.8 Å².